The van der Waals surface area contributed by atoms with Crippen molar-refractivity contribution in [2.45, 2.75) is 38.6 Å². The van der Waals surface area contributed by atoms with E-state index in [1.54, 1.807) is 6.07 Å². The third-order valence-corrected chi connectivity index (χ3v) is 4.10. The van der Waals surface area contributed by atoms with Gasteiger partial charge in [-0.25, -0.2) is 0 Å². The number of hydrogen-bond donors (Lipinski definition) is 1. The highest BCUT2D eigenvalue weighted by atomic mass is 79.9. The van der Waals surface area contributed by atoms with E-state index in [2.05, 4.69) is 21.2 Å². The molecule has 104 valence electrons. The van der Waals surface area contributed by atoms with E-state index in [-0.39, 0.29) is 10.6 Å². The Labute approximate surface area is 121 Å². The maximum atomic E-state index is 10.8. The molecule has 1 aliphatic carbocycles. The van der Waals surface area contributed by atoms with Crippen LogP contribution in [0.4, 0.5) is 5.69 Å². The smallest absolute Gasteiger partial charge is 0.270 e. The van der Waals surface area contributed by atoms with Gasteiger partial charge in [0.25, 0.3) is 5.69 Å². The second kappa shape index (κ2) is 7.01. The summed E-state index contributed by atoms with van der Waals surface area (Å²) in [4.78, 5) is 10.4. The molecule has 0 amide bonds. The first-order valence-corrected chi connectivity index (χ1v) is 7.59. The van der Waals surface area contributed by atoms with Gasteiger partial charge in [-0.05, 0) is 36.9 Å². The molecular weight excluding hydrogens is 308 g/mol. The zero-order valence-electron chi connectivity index (χ0n) is 10.9. The van der Waals surface area contributed by atoms with E-state index in [1.807, 2.05) is 6.07 Å². The number of hydrogen-bond acceptors (Lipinski definition) is 3. The molecule has 0 radical (unpaired) electrons. The summed E-state index contributed by atoms with van der Waals surface area (Å²) in [5, 5.41) is 14.2. The minimum Gasteiger partial charge on any atom is -0.312 e. The van der Waals surface area contributed by atoms with Crippen molar-refractivity contribution in [3.8, 4) is 0 Å². The van der Waals surface area contributed by atoms with Crippen molar-refractivity contribution in [3.63, 3.8) is 0 Å². The van der Waals surface area contributed by atoms with Crippen molar-refractivity contribution in [1.82, 2.24) is 5.32 Å². The lowest BCUT2D eigenvalue weighted by Gasteiger charge is -2.21. The number of nitrogens with zero attached hydrogens (tertiary/aromatic N) is 1. The van der Waals surface area contributed by atoms with Gasteiger partial charge >= 0.3 is 0 Å². The molecule has 2 rings (SSSR count). The van der Waals surface area contributed by atoms with Crippen LogP contribution in [0.5, 0.6) is 0 Å². The van der Waals surface area contributed by atoms with Gasteiger partial charge in [-0.1, -0.05) is 35.2 Å². The summed E-state index contributed by atoms with van der Waals surface area (Å²) in [6.45, 7) is 1.71. The molecular formula is C14H19BrN2O2. The largest absolute Gasteiger partial charge is 0.312 e. The molecule has 0 spiro atoms. The molecule has 19 heavy (non-hydrogen) atoms. The Kier molecular flexibility index (Phi) is 5.34. The summed E-state index contributed by atoms with van der Waals surface area (Å²) >= 11 is 3.32. The Morgan fingerprint density at radius 1 is 1.26 bits per heavy atom. The summed E-state index contributed by atoms with van der Waals surface area (Å²) in [6, 6.07) is 5.10. The number of benzene rings is 1. The minimum atomic E-state index is -0.352. The maximum absolute atomic E-state index is 10.8. The van der Waals surface area contributed by atoms with Gasteiger partial charge in [0.05, 0.1) is 4.92 Å². The molecule has 0 saturated heterocycles. The zero-order valence-corrected chi connectivity index (χ0v) is 12.5. The molecule has 1 saturated carbocycles. The maximum Gasteiger partial charge on any atom is 0.270 e. The second-order valence-corrected chi connectivity index (χ2v) is 6.13. The highest BCUT2D eigenvalue weighted by Gasteiger charge is 2.13. The molecule has 0 aliphatic heterocycles. The number of nitrogens with one attached hydrogen (secondary N) is 1. The molecule has 5 heteroatoms. The second-order valence-electron chi connectivity index (χ2n) is 5.21. The summed E-state index contributed by atoms with van der Waals surface area (Å²) in [5.74, 6) is 0.774. The van der Waals surface area contributed by atoms with Crippen LogP contribution in [0.25, 0.3) is 0 Å². The van der Waals surface area contributed by atoms with Crippen LogP contribution in [-0.2, 0) is 6.54 Å². The van der Waals surface area contributed by atoms with E-state index < -0.39 is 0 Å². The topological polar surface area (TPSA) is 55.2 Å². The monoisotopic (exact) mass is 326 g/mol. The molecule has 1 fully saturated rings. The average Bonchev–Trinajstić information content (AvgIpc) is 2.39. The van der Waals surface area contributed by atoms with Crippen LogP contribution in [0.2, 0.25) is 0 Å². The first kappa shape index (κ1) is 14.5. The number of nitro benzene ring substituents is 1. The highest BCUT2D eigenvalue weighted by Crippen LogP contribution is 2.24. The number of non-ortho nitro benzene ring substituents is 1. The lowest BCUT2D eigenvalue weighted by Crippen LogP contribution is -2.24. The van der Waals surface area contributed by atoms with Crippen LogP contribution in [0, 0.1) is 16.0 Å². The van der Waals surface area contributed by atoms with E-state index in [0.717, 1.165) is 22.5 Å². The molecule has 4 nitrogen and oxygen atoms in total. The zero-order chi connectivity index (χ0) is 13.7. The van der Waals surface area contributed by atoms with Crippen molar-refractivity contribution in [2.75, 3.05) is 6.54 Å². The van der Waals surface area contributed by atoms with Crippen LogP contribution < -0.4 is 5.32 Å². The fourth-order valence-corrected chi connectivity index (χ4v) is 3.18. The van der Waals surface area contributed by atoms with Crippen molar-refractivity contribution >= 4 is 21.6 Å². The lowest BCUT2D eigenvalue weighted by molar-refractivity contribution is -0.385. The first-order valence-electron chi connectivity index (χ1n) is 6.80. The predicted octanol–water partition coefficient (Wildman–Crippen LogP) is 4.03. The lowest BCUT2D eigenvalue weighted by atomic mass is 9.89. The van der Waals surface area contributed by atoms with Crippen LogP contribution in [0.1, 0.15) is 37.7 Å². The summed E-state index contributed by atoms with van der Waals surface area (Å²) in [6.07, 6.45) is 6.68. The molecule has 0 aromatic heterocycles. The van der Waals surface area contributed by atoms with Crippen LogP contribution in [0.3, 0.4) is 0 Å². The van der Waals surface area contributed by atoms with E-state index in [4.69, 9.17) is 0 Å². The third kappa shape index (κ3) is 4.58. The molecule has 1 aliphatic rings. The van der Waals surface area contributed by atoms with Gasteiger partial charge in [0, 0.05) is 23.2 Å². The SMILES string of the molecule is O=[N+]([O-])c1cc(Br)cc(CNCC2CCCCC2)c1. The van der Waals surface area contributed by atoms with E-state index in [0.29, 0.717) is 6.54 Å². The molecule has 0 atom stereocenters. The normalized spacial score (nSPS) is 16.5. The van der Waals surface area contributed by atoms with Crippen molar-refractivity contribution in [2.24, 2.45) is 5.92 Å². The minimum absolute atomic E-state index is 0.142. The van der Waals surface area contributed by atoms with Crippen LogP contribution >= 0.6 is 15.9 Å². The quantitative estimate of drug-likeness (QED) is 0.656. The molecule has 1 aromatic rings. The van der Waals surface area contributed by atoms with Gasteiger partial charge in [-0.2, -0.15) is 0 Å². The average molecular weight is 327 g/mol. The van der Waals surface area contributed by atoms with Gasteiger partial charge in [0.15, 0.2) is 0 Å². The van der Waals surface area contributed by atoms with E-state index in [1.165, 1.54) is 38.2 Å². The number of rotatable bonds is 5. The Morgan fingerprint density at radius 2 is 2.00 bits per heavy atom. The van der Waals surface area contributed by atoms with Crippen molar-refractivity contribution in [1.29, 1.82) is 0 Å². The van der Waals surface area contributed by atoms with Gasteiger partial charge in [0.2, 0.25) is 0 Å². The molecule has 0 unspecified atom stereocenters. The number of nitro groups is 1. The van der Waals surface area contributed by atoms with Gasteiger partial charge in [0.1, 0.15) is 0 Å². The summed E-state index contributed by atoms with van der Waals surface area (Å²) in [5.41, 5.74) is 1.10. The Hall–Kier alpha value is -0.940. The van der Waals surface area contributed by atoms with Crippen molar-refractivity contribution < 1.29 is 4.92 Å². The molecule has 0 heterocycles. The molecule has 1 aromatic carbocycles. The number of halogens is 1. The molecule has 0 bridgehead atoms. The highest BCUT2D eigenvalue weighted by molar-refractivity contribution is 9.10. The Bertz CT molecular complexity index is 445. The predicted molar refractivity (Wildman–Crippen MR) is 79.1 cm³/mol. The summed E-state index contributed by atoms with van der Waals surface area (Å²) < 4.78 is 0.760. The summed E-state index contributed by atoms with van der Waals surface area (Å²) in [7, 11) is 0. The van der Waals surface area contributed by atoms with E-state index in [9.17, 15) is 10.1 Å². The van der Waals surface area contributed by atoms with Crippen LogP contribution in [0.15, 0.2) is 22.7 Å². The standard InChI is InChI=1S/C14H19BrN2O2/c15-13-6-12(7-14(8-13)17(18)19)10-16-9-11-4-2-1-3-5-11/h6-8,11,16H,1-5,9-10H2. The van der Waals surface area contributed by atoms with E-state index >= 15 is 0 Å². The van der Waals surface area contributed by atoms with Gasteiger partial charge in [-0.15, -0.1) is 0 Å². The fourth-order valence-electron chi connectivity index (χ4n) is 2.65. The Morgan fingerprint density at radius 3 is 2.68 bits per heavy atom. The van der Waals surface area contributed by atoms with Crippen LogP contribution in [-0.4, -0.2) is 11.5 Å². The van der Waals surface area contributed by atoms with Gasteiger partial charge in [-0.3, -0.25) is 10.1 Å². The van der Waals surface area contributed by atoms with Gasteiger partial charge < -0.3 is 5.32 Å². The fraction of sp³-hybridized carbons (Fsp3) is 0.571. The Balaban J connectivity index is 1.86. The van der Waals surface area contributed by atoms with Crippen molar-refractivity contribution in [3.05, 3.63) is 38.3 Å². The molecule has 1 N–H and O–H groups in total. The third-order valence-electron chi connectivity index (χ3n) is 3.64. The first-order chi connectivity index (χ1) is 9.15.